The van der Waals surface area contributed by atoms with Crippen molar-refractivity contribution in [1.29, 1.82) is 0 Å². The molecule has 0 atom stereocenters. The Kier molecular flexibility index (Phi) is 6.87. The number of phenolic OH excluding ortho intramolecular Hbond substituents is 1. The first-order valence-electron chi connectivity index (χ1n) is 8.77. The predicted octanol–water partition coefficient (Wildman–Crippen LogP) is 3.70. The molecule has 2 aromatic rings. The number of carbonyl (C=O) groups excluding carboxylic acids is 1. The molecule has 0 unspecified atom stereocenters. The van der Waals surface area contributed by atoms with Gasteiger partial charge in [0.15, 0.2) is 11.5 Å². The first-order valence-corrected chi connectivity index (χ1v) is 8.77. The molecule has 2 aromatic carbocycles. The number of benzene rings is 2. The molecule has 0 fully saturated rings. The number of nitrogens with one attached hydrogen (secondary N) is 1. The summed E-state index contributed by atoms with van der Waals surface area (Å²) in [5, 5.41) is 12.6. The van der Waals surface area contributed by atoms with E-state index in [9.17, 15) is 9.90 Å². The lowest BCUT2D eigenvalue weighted by molar-refractivity contribution is -0.120. The third-order valence-electron chi connectivity index (χ3n) is 4.22. The second-order valence-electron chi connectivity index (χ2n) is 6.28. The Hall–Kier alpha value is -2.49. The molecule has 0 spiro atoms. The van der Waals surface area contributed by atoms with Crippen LogP contribution in [-0.4, -0.2) is 24.2 Å². The summed E-state index contributed by atoms with van der Waals surface area (Å²) < 4.78 is 5.34. The van der Waals surface area contributed by atoms with E-state index < -0.39 is 0 Å². The maximum atomic E-state index is 12.1. The van der Waals surface area contributed by atoms with Gasteiger partial charge >= 0.3 is 0 Å². The number of amides is 1. The zero-order chi connectivity index (χ0) is 18.2. The second-order valence-corrected chi connectivity index (χ2v) is 6.28. The summed E-state index contributed by atoms with van der Waals surface area (Å²) >= 11 is 0. The van der Waals surface area contributed by atoms with E-state index in [4.69, 9.17) is 4.74 Å². The van der Waals surface area contributed by atoms with E-state index in [-0.39, 0.29) is 18.1 Å². The van der Waals surface area contributed by atoms with Crippen LogP contribution >= 0.6 is 0 Å². The van der Waals surface area contributed by atoms with Gasteiger partial charge in [0.05, 0.1) is 13.0 Å². The molecular formula is C21H27NO3. The molecule has 0 bridgehead atoms. The number of aryl methyl sites for hydroxylation is 3. The van der Waals surface area contributed by atoms with Gasteiger partial charge in [-0.05, 0) is 68.0 Å². The van der Waals surface area contributed by atoms with Crippen LogP contribution in [0.3, 0.4) is 0 Å². The van der Waals surface area contributed by atoms with Gasteiger partial charge in [0.25, 0.3) is 0 Å². The number of rotatable bonds is 8. The van der Waals surface area contributed by atoms with Crippen molar-refractivity contribution in [3.8, 4) is 11.5 Å². The summed E-state index contributed by atoms with van der Waals surface area (Å²) in [5.74, 6) is 0.496. The molecule has 0 aliphatic carbocycles. The van der Waals surface area contributed by atoms with Crippen LogP contribution in [0.15, 0.2) is 36.4 Å². The summed E-state index contributed by atoms with van der Waals surface area (Å²) in [6.45, 7) is 7.21. The number of carbonyl (C=O) groups is 1. The Morgan fingerprint density at radius 1 is 1.08 bits per heavy atom. The smallest absolute Gasteiger partial charge is 0.224 e. The molecule has 4 nitrogen and oxygen atoms in total. The zero-order valence-corrected chi connectivity index (χ0v) is 15.3. The maximum absolute atomic E-state index is 12.1. The van der Waals surface area contributed by atoms with Crippen LogP contribution in [0.25, 0.3) is 0 Å². The highest BCUT2D eigenvalue weighted by Gasteiger charge is 2.07. The molecule has 2 rings (SSSR count). The quantitative estimate of drug-likeness (QED) is 0.720. The van der Waals surface area contributed by atoms with Crippen LogP contribution in [0.2, 0.25) is 0 Å². The highest BCUT2D eigenvalue weighted by atomic mass is 16.5. The van der Waals surface area contributed by atoms with Crippen LogP contribution in [0.4, 0.5) is 0 Å². The van der Waals surface area contributed by atoms with Crippen molar-refractivity contribution < 1.29 is 14.6 Å². The Morgan fingerprint density at radius 3 is 2.56 bits per heavy atom. The Morgan fingerprint density at radius 2 is 1.84 bits per heavy atom. The van der Waals surface area contributed by atoms with Crippen LogP contribution in [-0.2, 0) is 17.6 Å². The van der Waals surface area contributed by atoms with Gasteiger partial charge in [-0.15, -0.1) is 0 Å². The second kappa shape index (κ2) is 9.11. The minimum absolute atomic E-state index is 0.0202. The monoisotopic (exact) mass is 341 g/mol. The van der Waals surface area contributed by atoms with Crippen molar-refractivity contribution in [2.75, 3.05) is 13.2 Å². The summed E-state index contributed by atoms with van der Waals surface area (Å²) in [5.41, 5.74) is 4.74. The van der Waals surface area contributed by atoms with Crippen LogP contribution in [0.1, 0.15) is 35.6 Å². The van der Waals surface area contributed by atoms with E-state index >= 15 is 0 Å². The molecule has 0 aromatic heterocycles. The maximum Gasteiger partial charge on any atom is 0.224 e. The van der Waals surface area contributed by atoms with Crippen LogP contribution in [0.5, 0.6) is 11.5 Å². The van der Waals surface area contributed by atoms with Gasteiger partial charge in [-0.2, -0.15) is 0 Å². The Balaban J connectivity index is 1.77. The molecule has 4 heteroatoms. The van der Waals surface area contributed by atoms with E-state index in [0.29, 0.717) is 18.9 Å². The molecule has 0 aliphatic rings. The lowest BCUT2D eigenvalue weighted by Crippen LogP contribution is -2.26. The van der Waals surface area contributed by atoms with Gasteiger partial charge in [-0.25, -0.2) is 0 Å². The molecule has 0 saturated carbocycles. The van der Waals surface area contributed by atoms with E-state index in [0.717, 1.165) is 18.4 Å². The first kappa shape index (κ1) is 18.8. The fourth-order valence-electron chi connectivity index (χ4n) is 2.67. The molecule has 0 saturated heterocycles. The Bertz CT molecular complexity index is 725. The fourth-order valence-corrected chi connectivity index (χ4v) is 2.67. The van der Waals surface area contributed by atoms with Gasteiger partial charge < -0.3 is 15.2 Å². The van der Waals surface area contributed by atoms with Crippen molar-refractivity contribution in [3.63, 3.8) is 0 Å². The van der Waals surface area contributed by atoms with Crippen molar-refractivity contribution >= 4 is 5.91 Å². The predicted molar refractivity (Wildman–Crippen MR) is 100 cm³/mol. The van der Waals surface area contributed by atoms with Gasteiger partial charge in [-0.1, -0.05) is 24.3 Å². The van der Waals surface area contributed by atoms with Gasteiger partial charge in [0.1, 0.15) is 0 Å². The number of aromatic hydroxyl groups is 1. The summed E-state index contributed by atoms with van der Waals surface area (Å²) in [7, 11) is 0. The molecule has 0 radical (unpaired) electrons. The lowest BCUT2D eigenvalue weighted by Gasteiger charge is -2.09. The molecular weight excluding hydrogens is 314 g/mol. The molecule has 2 N–H and O–H groups in total. The van der Waals surface area contributed by atoms with Gasteiger partial charge in [-0.3, -0.25) is 4.79 Å². The number of ether oxygens (including phenoxy) is 1. The van der Waals surface area contributed by atoms with Crippen LogP contribution < -0.4 is 10.1 Å². The average molecular weight is 341 g/mol. The van der Waals surface area contributed by atoms with E-state index in [1.807, 2.05) is 6.92 Å². The third kappa shape index (κ3) is 5.82. The Labute approximate surface area is 149 Å². The highest BCUT2D eigenvalue weighted by molar-refractivity contribution is 5.78. The van der Waals surface area contributed by atoms with Gasteiger partial charge in [0.2, 0.25) is 5.91 Å². The van der Waals surface area contributed by atoms with E-state index in [1.165, 1.54) is 16.7 Å². The molecule has 25 heavy (non-hydrogen) atoms. The largest absolute Gasteiger partial charge is 0.504 e. The summed E-state index contributed by atoms with van der Waals surface area (Å²) in [6.07, 6.45) is 2.15. The first-order chi connectivity index (χ1) is 12.0. The number of hydrogen-bond acceptors (Lipinski definition) is 3. The highest BCUT2D eigenvalue weighted by Crippen LogP contribution is 2.26. The molecule has 0 aliphatic heterocycles. The zero-order valence-electron chi connectivity index (χ0n) is 15.3. The van der Waals surface area contributed by atoms with Crippen molar-refractivity contribution in [2.45, 2.75) is 40.0 Å². The van der Waals surface area contributed by atoms with Crippen molar-refractivity contribution in [3.05, 3.63) is 58.7 Å². The van der Waals surface area contributed by atoms with Gasteiger partial charge in [0, 0.05) is 6.54 Å². The number of phenols is 1. The average Bonchev–Trinajstić information content (AvgIpc) is 2.58. The standard InChI is InChI=1S/C21H27NO3/c1-4-25-20-13-18(9-10-19(20)23)14-21(24)22-11-5-6-17-8-7-15(2)16(3)12-17/h7-10,12-13,23H,4-6,11,14H2,1-3H3,(H,22,24). The SMILES string of the molecule is CCOc1cc(CC(=O)NCCCc2ccc(C)c(C)c2)ccc1O. The minimum Gasteiger partial charge on any atom is -0.504 e. The van der Waals surface area contributed by atoms with E-state index in [1.54, 1.807) is 18.2 Å². The van der Waals surface area contributed by atoms with Crippen molar-refractivity contribution in [1.82, 2.24) is 5.32 Å². The van der Waals surface area contributed by atoms with Crippen molar-refractivity contribution in [2.24, 2.45) is 0 Å². The third-order valence-corrected chi connectivity index (χ3v) is 4.22. The molecule has 1 amide bonds. The summed E-state index contributed by atoms with van der Waals surface area (Å²) in [6, 6.07) is 11.5. The minimum atomic E-state index is -0.0202. The van der Waals surface area contributed by atoms with E-state index in [2.05, 4.69) is 37.4 Å². The normalized spacial score (nSPS) is 10.5. The summed E-state index contributed by atoms with van der Waals surface area (Å²) in [4.78, 5) is 12.1. The number of hydrogen-bond donors (Lipinski definition) is 2. The molecule has 0 heterocycles. The lowest BCUT2D eigenvalue weighted by atomic mass is 10.0. The van der Waals surface area contributed by atoms with Crippen LogP contribution in [0, 0.1) is 13.8 Å². The molecule has 134 valence electrons. The topological polar surface area (TPSA) is 58.6 Å². The fraction of sp³-hybridized carbons (Fsp3) is 0.381.